The zero-order valence-electron chi connectivity index (χ0n) is 17.7. The molecule has 8 nitrogen and oxygen atoms in total. The summed E-state index contributed by atoms with van der Waals surface area (Å²) in [7, 11) is 0. The Morgan fingerprint density at radius 2 is 1.84 bits per heavy atom. The van der Waals surface area contributed by atoms with E-state index in [0.29, 0.717) is 24.0 Å². The van der Waals surface area contributed by atoms with E-state index in [1.807, 2.05) is 0 Å². The van der Waals surface area contributed by atoms with Gasteiger partial charge in [-0.1, -0.05) is 11.8 Å². The molecule has 31 heavy (non-hydrogen) atoms. The van der Waals surface area contributed by atoms with Crippen LogP contribution in [0.2, 0.25) is 0 Å². The molecule has 0 radical (unpaired) electrons. The highest BCUT2D eigenvalue weighted by Gasteiger charge is 2.33. The highest BCUT2D eigenvalue weighted by atomic mass is 16.5. The van der Waals surface area contributed by atoms with Crippen LogP contribution < -0.4 is 16.5 Å². The average Bonchev–Trinajstić information content (AvgIpc) is 2.75. The van der Waals surface area contributed by atoms with Crippen molar-refractivity contribution in [3.05, 3.63) is 35.4 Å². The number of aliphatic hydroxyl groups is 2. The van der Waals surface area contributed by atoms with E-state index < -0.39 is 29.0 Å². The fourth-order valence-corrected chi connectivity index (χ4v) is 3.27. The second kappa shape index (κ2) is 10.4. The molecular formula is C23H29N3O5. The number of nitrogens with two attached hydrogens (primary N) is 1. The van der Waals surface area contributed by atoms with Gasteiger partial charge in [0, 0.05) is 22.6 Å². The quantitative estimate of drug-likeness (QED) is 0.226. The van der Waals surface area contributed by atoms with Gasteiger partial charge in [-0.3, -0.25) is 14.8 Å². The van der Waals surface area contributed by atoms with Crippen molar-refractivity contribution in [2.45, 2.75) is 56.7 Å². The summed E-state index contributed by atoms with van der Waals surface area (Å²) in [4.78, 5) is 24.2. The third-order valence-electron chi connectivity index (χ3n) is 5.30. The summed E-state index contributed by atoms with van der Waals surface area (Å²) in [5.41, 5.74) is 6.35. The highest BCUT2D eigenvalue weighted by Crippen LogP contribution is 2.31. The van der Waals surface area contributed by atoms with Crippen LogP contribution in [0.1, 0.15) is 55.5 Å². The summed E-state index contributed by atoms with van der Waals surface area (Å²) in [5, 5.41) is 30.6. The van der Waals surface area contributed by atoms with Gasteiger partial charge in [-0.15, -0.1) is 0 Å². The lowest BCUT2D eigenvalue weighted by atomic mass is 9.79. The summed E-state index contributed by atoms with van der Waals surface area (Å²) in [6.07, 6.45) is 2.51. The Morgan fingerprint density at radius 1 is 1.23 bits per heavy atom. The van der Waals surface area contributed by atoms with E-state index in [0.717, 1.165) is 12.8 Å². The third kappa shape index (κ3) is 7.09. The largest absolute Gasteiger partial charge is 0.393 e. The van der Waals surface area contributed by atoms with E-state index in [4.69, 9.17) is 10.9 Å². The zero-order valence-corrected chi connectivity index (χ0v) is 17.7. The molecule has 0 saturated heterocycles. The first-order valence-corrected chi connectivity index (χ1v) is 10.1. The Morgan fingerprint density at radius 3 is 2.35 bits per heavy atom. The Hall–Kier alpha value is -2.88. The molecule has 2 amide bonds. The summed E-state index contributed by atoms with van der Waals surface area (Å²) in [6, 6.07) is 5.36. The number of benzene rings is 1. The van der Waals surface area contributed by atoms with E-state index in [2.05, 4.69) is 29.0 Å². The van der Waals surface area contributed by atoms with Crippen LogP contribution in [0, 0.1) is 29.6 Å². The fraction of sp³-hybridized carbons (Fsp3) is 0.478. The SMILES string of the molecule is CC(C)(N)[C@H](NC(=O)c1ccc(C#CC#C[C@H]2CC[C@](O)(CO)CC2)cc1)C(=O)NO. The Kier molecular flexibility index (Phi) is 8.21. The molecule has 1 aliphatic rings. The predicted molar refractivity (Wildman–Crippen MR) is 115 cm³/mol. The van der Waals surface area contributed by atoms with E-state index >= 15 is 0 Å². The number of carbonyl (C=O) groups is 2. The van der Waals surface area contributed by atoms with Crippen LogP contribution >= 0.6 is 0 Å². The van der Waals surface area contributed by atoms with Crippen LogP contribution in [0.4, 0.5) is 0 Å². The number of hydroxylamine groups is 1. The molecule has 8 heteroatoms. The minimum atomic E-state index is -1.12. The molecule has 0 aliphatic heterocycles. The van der Waals surface area contributed by atoms with Crippen LogP contribution in [0.5, 0.6) is 0 Å². The summed E-state index contributed by atoms with van der Waals surface area (Å²) < 4.78 is 0. The minimum Gasteiger partial charge on any atom is -0.393 e. The number of hydrogen-bond acceptors (Lipinski definition) is 6. The molecule has 1 aromatic rings. The maximum absolute atomic E-state index is 12.4. The van der Waals surface area contributed by atoms with Crippen LogP contribution in [-0.2, 0) is 4.79 Å². The molecule has 0 aromatic heterocycles. The number of hydrogen-bond donors (Lipinski definition) is 6. The smallest absolute Gasteiger partial charge is 0.267 e. The van der Waals surface area contributed by atoms with E-state index in [1.165, 1.54) is 5.48 Å². The van der Waals surface area contributed by atoms with Crippen LogP contribution in [0.15, 0.2) is 24.3 Å². The van der Waals surface area contributed by atoms with Crippen molar-refractivity contribution in [2.24, 2.45) is 11.7 Å². The second-order valence-corrected chi connectivity index (χ2v) is 8.46. The average molecular weight is 428 g/mol. The van der Waals surface area contributed by atoms with E-state index in [-0.39, 0.29) is 12.5 Å². The van der Waals surface area contributed by atoms with Crippen LogP contribution in [0.25, 0.3) is 0 Å². The van der Waals surface area contributed by atoms with E-state index in [1.54, 1.807) is 38.1 Å². The van der Waals surface area contributed by atoms with Crippen LogP contribution in [-0.4, -0.2) is 51.0 Å². The lowest BCUT2D eigenvalue weighted by molar-refractivity contribution is -0.132. The van der Waals surface area contributed by atoms with Gasteiger partial charge in [0.25, 0.3) is 11.8 Å². The molecule has 1 aliphatic carbocycles. The standard InChI is InChI=1S/C23H29N3O5/c1-22(2,24)19(21(29)26-31)25-20(28)18-9-7-16(8-10-18)5-3-4-6-17-11-13-23(30,15-27)14-12-17/h7-10,17,19,27,30-31H,11-15,24H2,1-2H3,(H,25,28)(H,26,29)/t17-,19-,23+/m1/s1. The first-order chi connectivity index (χ1) is 14.6. The van der Waals surface area contributed by atoms with E-state index in [9.17, 15) is 19.8 Å². The van der Waals surface area contributed by atoms with Gasteiger partial charge in [0.05, 0.1) is 12.2 Å². The third-order valence-corrected chi connectivity index (χ3v) is 5.30. The van der Waals surface area contributed by atoms with Gasteiger partial charge in [0.15, 0.2) is 0 Å². The van der Waals surface area contributed by atoms with Crippen molar-refractivity contribution in [1.29, 1.82) is 0 Å². The van der Waals surface area contributed by atoms with Gasteiger partial charge in [-0.05, 0) is 75.6 Å². The molecule has 0 bridgehead atoms. The van der Waals surface area contributed by atoms with Crippen LogP contribution in [0.3, 0.4) is 0 Å². The van der Waals surface area contributed by atoms with Gasteiger partial charge >= 0.3 is 0 Å². The van der Waals surface area contributed by atoms with Gasteiger partial charge < -0.3 is 21.3 Å². The Bertz CT molecular complexity index is 905. The molecule has 2 rings (SSSR count). The number of nitrogens with one attached hydrogen (secondary N) is 2. The Labute approximate surface area is 182 Å². The van der Waals surface area contributed by atoms with Crippen molar-refractivity contribution < 1.29 is 25.0 Å². The van der Waals surface area contributed by atoms with Gasteiger partial charge in [-0.25, -0.2) is 5.48 Å². The Balaban J connectivity index is 1.96. The lowest BCUT2D eigenvalue weighted by Crippen LogP contribution is -2.61. The summed E-state index contributed by atoms with van der Waals surface area (Å²) in [5.74, 6) is 10.5. The first-order valence-electron chi connectivity index (χ1n) is 10.1. The van der Waals surface area contributed by atoms with Gasteiger partial charge in [0.2, 0.25) is 0 Å². The van der Waals surface area contributed by atoms with Gasteiger partial charge in [-0.2, -0.15) is 0 Å². The summed E-state index contributed by atoms with van der Waals surface area (Å²) >= 11 is 0. The number of aliphatic hydroxyl groups excluding tert-OH is 1. The molecule has 1 saturated carbocycles. The number of amides is 2. The number of rotatable bonds is 5. The topological polar surface area (TPSA) is 145 Å². The lowest BCUT2D eigenvalue weighted by Gasteiger charge is -2.32. The molecule has 7 N–H and O–H groups in total. The number of carbonyl (C=O) groups excluding carboxylic acids is 2. The van der Waals surface area contributed by atoms with Gasteiger partial charge in [0.1, 0.15) is 6.04 Å². The first kappa shape index (κ1) is 24.4. The van der Waals surface area contributed by atoms with Crippen molar-refractivity contribution in [3.8, 4) is 23.7 Å². The van der Waals surface area contributed by atoms with Crippen molar-refractivity contribution in [2.75, 3.05) is 6.61 Å². The molecule has 166 valence electrons. The maximum atomic E-state index is 12.4. The normalized spacial score (nSPS) is 21.5. The fourth-order valence-electron chi connectivity index (χ4n) is 3.27. The minimum absolute atomic E-state index is 0.156. The maximum Gasteiger partial charge on any atom is 0.267 e. The predicted octanol–water partition coefficient (Wildman–Crippen LogP) is 0.296. The molecule has 0 heterocycles. The molecular weight excluding hydrogens is 398 g/mol. The van der Waals surface area contributed by atoms with Crippen molar-refractivity contribution in [3.63, 3.8) is 0 Å². The van der Waals surface area contributed by atoms with Crippen molar-refractivity contribution >= 4 is 11.8 Å². The molecule has 0 spiro atoms. The molecule has 0 unspecified atom stereocenters. The zero-order chi connectivity index (χ0) is 23.1. The molecule has 1 fully saturated rings. The second-order valence-electron chi connectivity index (χ2n) is 8.46. The molecule has 1 atom stereocenters. The molecule has 1 aromatic carbocycles. The van der Waals surface area contributed by atoms with Crippen molar-refractivity contribution in [1.82, 2.24) is 10.8 Å². The highest BCUT2D eigenvalue weighted by molar-refractivity contribution is 5.97. The monoisotopic (exact) mass is 427 g/mol. The summed E-state index contributed by atoms with van der Waals surface area (Å²) in [6.45, 7) is 2.90.